The van der Waals surface area contributed by atoms with Crippen molar-refractivity contribution in [2.75, 3.05) is 12.4 Å². The van der Waals surface area contributed by atoms with E-state index in [-0.39, 0.29) is 0 Å². The van der Waals surface area contributed by atoms with Crippen LogP contribution in [-0.4, -0.2) is 17.0 Å². The quantitative estimate of drug-likeness (QED) is 0.922. The molecule has 1 N–H and O–H groups in total. The molecule has 2 aliphatic rings. The number of anilines is 1. The molecule has 0 spiro atoms. The first kappa shape index (κ1) is 10.5. The predicted molar refractivity (Wildman–Crippen MR) is 67.7 cm³/mol. The summed E-state index contributed by atoms with van der Waals surface area (Å²) in [6.45, 7) is 0. The van der Waals surface area contributed by atoms with Gasteiger partial charge in [-0.25, -0.2) is 9.97 Å². The molecule has 2 aliphatic carbocycles. The van der Waals surface area contributed by atoms with Crippen molar-refractivity contribution in [3.05, 3.63) is 16.0 Å². The summed E-state index contributed by atoms with van der Waals surface area (Å²) in [6.07, 6.45) is 6.32. The van der Waals surface area contributed by atoms with Crippen LogP contribution in [-0.2, 0) is 6.42 Å². The smallest absolute Gasteiger partial charge is 0.144 e. The van der Waals surface area contributed by atoms with Gasteiger partial charge in [-0.05, 0) is 47.5 Å². The Bertz CT molecular complexity index is 411. The average Bonchev–Trinajstić information content (AvgIpc) is 3.13. The maximum Gasteiger partial charge on any atom is 0.144 e. The van der Waals surface area contributed by atoms with E-state index in [4.69, 9.17) is 4.98 Å². The molecular formula is C12H16BrN3. The fraction of sp³-hybridized carbons (Fsp3) is 0.667. The molecule has 1 aromatic rings. The van der Waals surface area contributed by atoms with Gasteiger partial charge < -0.3 is 5.32 Å². The Morgan fingerprint density at radius 1 is 1.25 bits per heavy atom. The number of aromatic nitrogens is 2. The molecule has 1 heterocycles. The van der Waals surface area contributed by atoms with Crippen molar-refractivity contribution < 1.29 is 0 Å². The third-order valence-corrected chi connectivity index (χ3v) is 4.07. The number of halogens is 1. The average molecular weight is 282 g/mol. The summed E-state index contributed by atoms with van der Waals surface area (Å²) in [5.74, 6) is 3.49. The molecule has 2 saturated carbocycles. The van der Waals surface area contributed by atoms with Gasteiger partial charge in [0.1, 0.15) is 11.6 Å². The Labute approximate surface area is 104 Å². The number of rotatable bonds is 4. The lowest BCUT2D eigenvalue weighted by Gasteiger charge is -2.10. The molecule has 0 saturated heterocycles. The maximum atomic E-state index is 4.73. The molecule has 4 heteroatoms. The normalized spacial score (nSPS) is 19.9. The van der Waals surface area contributed by atoms with E-state index in [9.17, 15) is 0 Å². The fourth-order valence-electron chi connectivity index (χ4n) is 1.98. The number of nitrogens with one attached hydrogen (secondary N) is 1. The molecule has 0 amide bonds. The Morgan fingerprint density at radius 3 is 2.56 bits per heavy atom. The minimum atomic E-state index is 0.669. The van der Waals surface area contributed by atoms with Gasteiger partial charge in [-0.1, -0.05) is 0 Å². The zero-order valence-electron chi connectivity index (χ0n) is 9.46. The van der Waals surface area contributed by atoms with E-state index >= 15 is 0 Å². The second kappa shape index (κ2) is 3.99. The third-order valence-electron chi connectivity index (χ3n) is 3.29. The van der Waals surface area contributed by atoms with Crippen molar-refractivity contribution in [2.24, 2.45) is 5.92 Å². The highest BCUT2D eigenvalue weighted by Crippen LogP contribution is 2.44. The Balaban J connectivity index is 1.94. The van der Waals surface area contributed by atoms with Crippen molar-refractivity contribution in [1.82, 2.24) is 9.97 Å². The summed E-state index contributed by atoms with van der Waals surface area (Å²) in [5, 5.41) is 3.15. The Kier molecular flexibility index (Phi) is 2.62. The number of nitrogens with zero attached hydrogens (tertiary/aromatic N) is 2. The van der Waals surface area contributed by atoms with Crippen LogP contribution in [0.4, 0.5) is 5.82 Å². The maximum absolute atomic E-state index is 4.73. The van der Waals surface area contributed by atoms with Crippen molar-refractivity contribution in [3.8, 4) is 0 Å². The lowest BCUT2D eigenvalue weighted by molar-refractivity contribution is 0.755. The first-order chi connectivity index (χ1) is 7.78. The molecule has 0 aromatic carbocycles. The molecule has 86 valence electrons. The van der Waals surface area contributed by atoms with E-state index in [1.807, 2.05) is 7.05 Å². The van der Waals surface area contributed by atoms with Crippen molar-refractivity contribution in [2.45, 2.75) is 38.0 Å². The van der Waals surface area contributed by atoms with E-state index in [0.717, 1.165) is 28.5 Å². The van der Waals surface area contributed by atoms with Crippen LogP contribution in [0.3, 0.4) is 0 Å². The van der Waals surface area contributed by atoms with Gasteiger partial charge >= 0.3 is 0 Å². The zero-order chi connectivity index (χ0) is 11.1. The standard InChI is InChI=1S/C12H16BrN3/c1-14-12-10(13)11(8-4-5-8)15-9(16-12)6-7-2-3-7/h7-8H,2-6H2,1H3,(H,14,15,16). The van der Waals surface area contributed by atoms with Gasteiger partial charge in [0.25, 0.3) is 0 Å². The Morgan fingerprint density at radius 2 is 2.00 bits per heavy atom. The van der Waals surface area contributed by atoms with Gasteiger partial charge in [-0.15, -0.1) is 0 Å². The van der Waals surface area contributed by atoms with E-state index < -0.39 is 0 Å². The summed E-state index contributed by atoms with van der Waals surface area (Å²) >= 11 is 3.61. The zero-order valence-corrected chi connectivity index (χ0v) is 11.0. The van der Waals surface area contributed by atoms with E-state index in [1.165, 1.54) is 31.4 Å². The number of hydrogen-bond acceptors (Lipinski definition) is 3. The van der Waals surface area contributed by atoms with Crippen LogP contribution in [0.15, 0.2) is 4.47 Å². The minimum absolute atomic E-state index is 0.669. The van der Waals surface area contributed by atoms with Crippen LogP contribution in [0.1, 0.15) is 43.1 Å². The molecule has 1 aromatic heterocycles. The first-order valence-corrected chi connectivity index (χ1v) is 6.81. The summed E-state index contributed by atoms with van der Waals surface area (Å²) in [5.41, 5.74) is 1.22. The molecule has 0 radical (unpaired) electrons. The molecular weight excluding hydrogens is 266 g/mol. The largest absolute Gasteiger partial charge is 0.372 e. The lowest BCUT2D eigenvalue weighted by Crippen LogP contribution is -2.06. The summed E-state index contributed by atoms with van der Waals surface area (Å²) in [7, 11) is 1.92. The topological polar surface area (TPSA) is 37.8 Å². The minimum Gasteiger partial charge on any atom is -0.372 e. The van der Waals surface area contributed by atoms with Crippen LogP contribution in [0.2, 0.25) is 0 Å². The van der Waals surface area contributed by atoms with E-state index in [0.29, 0.717) is 5.92 Å². The van der Waals surface area contributed by atoms with Gasteiger partial charge in [0.2, 0.25) is 0 Å². The lowest BCUT2D eigenvalue weighted by atomic mass is 10.2. The fourth-order valence-corrected chi connectivity index (χ4v) is 2.68. The summed E-state index contributed by atoms with van der Waals surface area (Å²) in [4.78, 5) is 9.30. The molecule has 0 atom stereocenters. The second-order valence-corrected chi connectivity index (χ2v) is 5.65. The summed E-state index contributed by atoms with van der Waals surface area (Å²) in [6, 6.07) is 0. The summed E-state index contributed by atoms with van der Waals surface area (Å²) < 4.78 is 1.07. The van der Waals surface area contributed by atoms with Crippen LogP contribution in [0, 0.1) is 5.92 Å². The first-order valence-electron chi connectivity index (χ1n) is 6.02. The highest BCUT2D eigenvalue weighted by Gasteiger charge is 2.30. The van der Waals surface area contributed by atoms with Crippen molar-refractivity contribution in [1.29, 1.82) is 0 Å². The number of hydrogen-bond donors (Lipinski definition) is 1. The van der Waals surface area contributed by atoms with Gasteiger partial charge in [0, 0.05) is 19.4 Å². The van der Waals surface area contributed by atoms with Gasteiger partial charge in [0.05, 0.1) is 10.2 Å². The third kappa shape index (κ3) is 2.08. The molecule has 3 nitrogen and oxygen atoms in total. The molecule has 0 aliphatic heterocycles. The van der Waals surface area contributed by atoms with Gasteiger partial charge in [-0.2, -0.15) is 0 Å². The second-order valence-electron chi connectivity index (χ2n) is 4.86. The highest BCUT2D eigenvalue weighted by molar-refractivity contribution is 9.10. The molecule has 0 bridgehead atoms. The highest BCUT2D eigenvalue weighted by atomic mass is 79.9. The van der Waals surface area contributed by atoms with Crippen molar-refractivity contribution >= 4 is 21.7 Å². The molecule has 0 unspecified atom stereocenters. The van der Waals surface area contributed by atoms with E-state index in [2.05, 4.69) is 26.2 Å². The SMILES string of the molecule is CNc1nc(CC2CC2)nc(C2CC2)c1Br. The molecule has 2 fully saturated rings. The Hall–Kier alpha value is -0.640. The van der Waals surface area contributed by atoms with E-state index in [1.54, 1.807) is 0 Å². The molecule has 16 heavy (non-hydrogen) atoms. The van der Waals surface area contributed by atoms with Crippen molar-refractivity contribution in [3.63, 3.8) is 0 Å². The monoisotopic (exact) mass is 281 g/mol. The van der Waals surface area contributed by atoms with Crippen LogP contribution >= 0.6 is 15.9 Å². The van der Waals surface area contributed by atoms with Crippen LogP contribution < -0.4 is 5.32 Å². The predicted octanol–water partition coefficient (Wildman–Crippen LogP) is 3.11. The van der Waals surface area contributed by atoms with Gasteiger partial charge in [-0.3, -0.25) is 0 Å². The van der Waals surface area contributed by atoms with Crippen LogP contribution in [0.5, 0.6) is 0 Å². The van der Waals surface area contributed by atoms with Crippen LogP contribution in [0.25, 0.3) is 0 Å². The molecule has 3 rings (SSSR count). The van der Waals surface area contributed by atoms with Gasteiger partial charge in [0.15, 0.2) is 0 Å².